The van der Waals surface area contributed by atoms with Crippen LogP contribution in [0.4, 0.5) is 11.4 Å². The van der Waals surface area contributed by atoms with Gasteiger partial charge in [-0.1, -0.05) is 81.4 Å². The van der Waals surface area contributed by atoms with Crippen LogP contribution in [0.3, 0.4) is 0 Å². The molecule has 7 heteroatoms. The summed E-state index contributed by atoms with van der Waals surface area (Å²) in [5.74, 6) is -0.241. The number of amides is 3. The molecule has 4 aromatic carbocycles. The fraction of sp³-hybridized carbons (Fsp3) is 0.194. The van der Waals surface area contributed by atoms with Crippen LogP contribution in [0, 0.1) is 6.92 Å². The summed E-state index contributed by atoms with van der Waals surface area (Å²) in [6, 6.07) is 30.0. The van der Waals surface area contributed by atoms with E-state index in [0.717, 1.165) is 33.7 Å². The third-order valence-corrected chi connectivity index (χ3v) is 7.94. The quantitative estimate of drug-likeness (QED) is 0.123. The van der Waals surface area contributed by atoms with Crippen molar-refractivity contribution in [3.05, 3.63) is 131 Å². The number of para-hydroxylation sites is 1. The fourth-order valence-corrected chi connectivity index (χ4v) is 5.14. The smallest absolute Gasteiger partial charge is 0.272 e. The van der Waals surface area contributed by atoms with Gasteiger partial charge in [0.05, 0.1) is 5.75 Å². The van der Waals surface area contributed by atoms with Gasteiger partial charge in [-0.05, 0) is 84.0 Å². The van der Waals surface area contributed by atoms with Crippen LogP contribution >= 0.6 is 11.8 Å². The molecular formula is C36H37N3O3S. The zero-order valence-electron chi connectivity index (χ0n) is 24.9. The largest absolute Gasteiger partial charge is 0.325 e. The number of carbonyl (C=O) groups excluding carboxylic acids is 3. The number of aryl methyl sites for hydroxylation is 2. The Bertz CT molecular complexity index is 1600. The molecule has 0 atom stereocenters. The number of nitrogens with one attached hydrogen (secondary N) is 3. The zero-order valence-corrected chi connectivity index (χ0v) is 25.8. The zero-order chi connectivity index (χ0) is 30.8. The summed E-state index contributed by atoms with van der Waals surface area (Å²) in [5.41, 5.74) is 6.17. The maximum Gasteiger partial charge on any atom is 0.272 e. The highest BCUT2D eigenvalue weighted by atomic mass is 32.2. The van der Waals surface area contributed by atoms with Gasteiger partial charge in [-0.25, -0.2) is 0 Å². The summed E-state index contributed by atoms with van der Waals surface area (Å²) in [6.45, 7) is 8.30. The van der Waals surface area contributed by atoms with Crippen molar-refractivity contribution >= 4 is 46.9 Å². The van der Waals surface area contributed by atoms with Crippen LogP contribution in [0.1, 0.15) is 59.3 Å². The summed E-state index contributed by atoms with van der Waals surface area (Å²) < 4.78 is 0. The number of carbonyl (C=O) groups is 3. The van der Waals surface area contributed by atoms with Gasteiger partial charge in [0.25, 0.3) is 11.8 Å². The fourth-order valence-electron chi connectivity index (χ4n) is 4.45. The molecule has 3 amide bonds. The van der Waals surface area contributed by atoms with Gasteiger partial charge in [-0.15, -0.1) is 11.8 Å². The van der Waals surface area contributed by atoms with Gasteiger partial charge in [-0.3, -0.25) is 14.4 Å². The van der Waals surface area contributed by atoms with Crippen LogP contribution < -0.4 is 16.0 Å². The molecule has 4 rings (SSSR count). The van der Waals surface area contributed by atoms with Gasteiger partial charge in [0.2, 0.25) is 5.91 Å². The third-order valence-electron chi connectivity index (χ3n) is 6.93. The second kappa shape index (κ2) is 15.0. The third kappa shape index (κ3) is 8.93. The van der Waals surface area contributed by atoms with Gasteiger partial charge in [-0.2, -0.15) is 0 Å². The topological polar surface area (TPSA) is 87.3 Å². The average molecular weight is 592 g/mol. The minimum absolute atomic E-state index is 0.0725. The van der Waals surface area contributed by atoms with E-state index in [1.807, 2.05) is 67.6 Å². The molecule has 0 radical (unpaired) electrons. The van der Waals surface area contributed by atoms with Gasteiger partial charge >= 0.3 is 0 Å². The Balaban J connectivity index is 1.42. The minimum Gasteiger partial charge on any atom is -0.325 e. The Morgan fingerprint density at radius 2 is 1.51 bits per heavy atom. The lowest BCUT2D eigenvalue weighted by Crippen LogP contribution is -2.30. The monoisotopic (exact) mass is 591 g/mol. The Morgan fingerprint density at radius 3 is 2.16 bits per heavy atom. The Kier molecular flexibility index (Phi) is 10.9. The molecule has 0 heterocycles. The standard InChI is InChI=1S/C36H37N3O3S/c1-5-27-13-9-10-25(4)34(27)39-33(40)23-43-31-20-18-30(19-21-31)37-36(42)32(38-35(41)29-11-7-6-8-12-29)22-26-14-16-28(17-15-26)24(2)3/h6-22,24H,5,23H2,1-4H3,(H,37,42)(H,38,41)(H,39,40)/b32-22-. The van der Waals surface area contributed by atoms with Crippen molar-refractivity contribution in [3.63, 3.8) is 0 Å². The maximum atomic E-state index is 13.4. The molecule has 3 N–H and O–H groups in total. The predicted molar refractivity (Wildman–Crippen MR) is 177 cm³/mol. The molecule has 0 unspecified atom stereocenters. The van der Waals surface area contributed by atoms with E-state index in [1.54, 1.807) is 42.5 Å². The Hall–Kier alpha value is -4.62. The number of anilines is 2. The highest BCUT2D eigenvalue weighted by Crippen LogP contribution is 2.24. The lowest BCUT2D eigenvalue weighted by Gasteiger charge is -2.13. The van der Waals surface area contributed by atoms with E-state index < -0.39 is 5.91 Å². The number of thioether (sulfide) groups is 1. The molecule has 0 aliphatic rings. The number of hydrogen-bond acceptors (Lipinski definition) is 4. The lowest BCUT2D eigenvalue weighted by molar-refractivity contribution is -0.114. The van der Waals surface area contributed by atoms with Crippen LogP contribution in [0.25, 0.3) is 6.08 Å². The van der Waals surface area contributed by atoms with E-state index in [9.17, 15) is 14.4 Å². The number of rotatable bonds is 11. The molecule has 0 fully saturated rings. The molecule has 0 aliphatic heterocycles. The normalized spacial score (nSPS) is 11.2. The molecule has 0 aromatic heterocycles. The first kappa shape index (κ1) is 31.3. The molecule has 0 bridgehead atoms. The van der Waals surface area contributed by atoms with Crippen LogP contribution in [0.15, 0.2) is 108 Å². The summed E-state index contributed by atoms with van der Waals surface area (Å²) >= 11 is 1.42. The van der Waals surface area contributed by atoms with E-state index in [2.05, 4.69) is 36.7 Å². The van der Waals surface area contributed by atoms with Crippen molar-refractivity contribution in [2.75, 3.05) is 16.4 Å². The first-order valence-corrected chi connectivity index (χ1v) is 15.3. The molecule has 0 saturated heterocycles. The highest BCUT2D eigenvalue weighted by Gasteiger charge is 2.16. The molecule has 43 heavy (non-hydrogen) atoms. The molecular weight excluding hydrogens is 554 g/mol. The van der Waals surface area contributed by atoms with Gasteiger partial charge in [0, 0.05) is 21.8 Å². The Morgan fingerprint density at radius 1 is 0.814 bits per heavy atom. The average Bonchev–Trinajstić information content (AvgIpc) is 3.02. The van der Waals surface area contributed by atoms with E-state index in [4.69, 9.17) is 0 Å². The maximum absolute atomic E-state index is 13.4. The van der Waals surface area contributed by atoms with Crippen LogP contribution in [0.5, 0.6) is 0 Å². The molecule has 4 aromatic rings. The van der Waals surface area contributed by atoms with Crippen molar-refractivity contribution in [3.8, 4) is 0 Å². The van der Waals surface area contributed by atoms with E-state index in [-0.39, 0.29) is 23.3 Å². The molecule has 0 aliphatic carbocycles. The van der Waals surface area contributed by atoms with Gasteiger partial charge in [0.15, 0.2) is 0 Å². The molecule has 6 nitrogen and oxygen atoms in total. The van der Waals surface area contributed by atoms with Crippen molar-refractivity contribution in [2.45, 2.75) is 44.9 Å². The van der Waals surface area contributed by atoms with Crippen LogP contribution in [-0.4, -0.2) is 23.5 Å². The predicted octanol–water partition coefficient (Wildman–Crippen LogP) is 7.82. The summed E-state index contributed by atoms with van der Waals surface area (Å²) in [6.07, 6.45) is 2.51. The second-order valence-corrected chi connectivity index (χ2v) is 11.5. The highest BCUT2D eigenvalue weighted by molar-refractivity contribution is 8.00. The van der Waals surface area contributed by atoms with E-state index >= 15 is 0 Å². The van der Waals surface area contributed by atoms with E-state index in [0.29, 0.717) is 17.2 Å². The van der Waals surface area contributed by atoms with Crippen molar-refractivity contribution in [2.24, 2.45) is 0 Å². The molecule has 0 saturated carbocycles. The second-order valence-electron chi connectivity index (χ2n) is 10.5. The summed E-state index contributed by atoms with van der Waals surface area (Å²) in [4.78, 5) is 39.8. The van der Waals surface area contributed by atoms with Gasteiger partial charge in [0.1, 0.15) is 5.70 Å². The first-order chi connectivity index (χ1) is 20.7. The Labute approximate surface area is 258 Å². The first-order valence-electron chi connectivity index (χ1n) is 14.3. The lowest BCUT2D eigenvalue weighted by atomic mass is 10.0. The van der Waals surface area contributed by atoms with E-state index in [1.165, 1.54) is 17.3 Å². The van der Waals surface area contributed by atoms with Crippen molar-refractivity contribution < 1.29 is 14.4 Å². The summed E-state index contributed by atoms with van der Waals surface area (Å²) in [7, 11) is 0. The van der Waals surface area contributed by atoms with Crippen molar-refractivity contribution in [1.29, 1.82) is 0 Å². The van der Waals surface area contributed by atoms with Gasteiger partial charge < -0.3 is 16.0 Å². The SMILES string of the molecule is CCc1cccc(C)c1NC(=O)CSc1ccc(NC(=O)/C(=C/c2ccc(C(C)C)cc2)NC(=O)c2ccccc2)cc1. The van der Waals surface area contributed by atoms with Crippen molar-refractivity contribution in [1.82, 2.24) is 5.32 Å². The van der Waals surface area contributed by atoms with Crippen LogP contribution in [0.2, 0.25) is 0 Å². The minimum atomic E-state index is -0.443. The number of hydrogen-bond donors (Lipinski definition) is 3. The molecule has 220 valence electrons. The van der Waals surface area contributed by atoms with Crippen LogP contribution in [-0.2, 0) is 16.0 Å². The summed E-state index contributed by atoms with van der Waals surface area (Å²) in [5, 5.41) is 8.71. The number of benzene rings is 4. The molecule has 0 spiro atoms.